The first-order valence-electron chi connectivity index (χ1n) is 7.03. The molecule has 0 atom stereocenters. The Morgan fingerprint density at radius 2 is 2.00 bits per heavy atom. The molecule has 0 spiro atoms. The van der Waals surface area contributed by atoms with E-state index in [1.807, 2.05) is 32.0 Å². The molecule has 1 rings (SSSR count). The molecule has 0 saturated heterocycles. The Morgan fingerprint density at radius 1 is 1.25 bits per heavy atom. The number of aryl methyl sites for hydroxylation is 1. The van der Waals surface area contributed by atoms with E-state index >= 15 is 0 Å². The molecule has 0 fully saturated rings. The summed E-state index contributed by atoms with van der Waals surface area (Å²) >= 11 is 0. The van der Waals surface area contributed by atoms with Gasteiger partial charge in [0, 0.05) is 13.6 Å². The zero-order valence-corrected chi connectivity index (χ0v) is 13.3. The number of nitrogens with zero attached hydrogens (tertiary/aromatic N) is 1. The molecule has 0 aliphatic heterocycles. The highest BCUT2D eigenvalue weighted by Crippen LogP contribution is 2.14. The van der Waals surface area contributed by atoms with Crippen LogP contribution in [-0.2, 0) is 16.6 Å². The fourth-order valence-corrected chi connectivity index (χ4v) is 2.76. The quantitative estimate of drug-likeness (QED) is 0.684. The highest BCUT2D eigenvalue weighted by Gasteiger charge is 2.16. The number of nitrogens with one attached hydrogen (secondary N) is 2. The number of anilines is 1. The molecule has 0 saturated carbocycles. The van der Waals surface area contributed by atoms with E-state index in [1.165, 1.54) is 4.31 Å². The van der Waals surface area contributed by atoms with Crippen LogP contribution in [0, 0.1) is 0 Å². The molecular formula is C14H25N3O2S. The number of benzene rings is 1. The highest BCUT2D eigenvalue weighted by atomic mass is 32.2. The first kappa shape index (κ1) is 16.9. The van der Waals surface area contributed by atoms with Gasteiger partial charge in [0.25, 0.3) is 0 Å². The highest BCUT2D eigenvalue weighted by molar-refractivity contribution is 7.90. The third-order valence-electron chi connectivity index (χ3n) is 3.07. The lowest BCUT2D eigenvalue weighted by Gasteiger charge is -2.18. The van der Waals surface area contributed by atoms with Gasteiger partial charge in [-0.3, -0.25) is 4.72 Å². The molecule has 20 heavy (non-hydrogen) atoms. The third-order valence-corrected chi connectivity index (χ3v) is 4.57. The van der Waals surface area contributed by atoms with Gasteiger partial charge in [-0.25, -0.2) is 0 Å². The summed E-state index contributed by atoms with van der Waals surface area (Å²) in [7, 11) is -1.87. The van der Waals surface area contributed by atoms with E-state index in [0.717, 1.165) is 31.5 Å². The summed E-state index contributed by atoms with van der Waals surface area (Å²) < 4.78 is 28.3. The van der Waals surface area contributed by atoms with Crippen molar-refractivity contribution in [1.29, 1.82) is 0 Å². The molecule has 0 aliphatic rings. The fraction of sp³-hybridized carbons (Fsp3) is 0.571. The van der Waals surface area contributed by atoms with Crippen LogP contribution in [0.5, 0.6) is 0 Å². The lowest BCUT2D eigenvalue weighted by atomic mass is 10.1. The standard InChI is InChI=1S/C14H25N3O2S/c1-4-13-8-6-9-14(12-13)16-20(18,19)17(3)11-7-10-15-5-2/h6,8-9,12,15-16H,4-5,7,10-11H2,1-3H3. The molecule has 114 valence electrons. The van der Waals surface area contributed by atoms with E-state index in [-0.39, 0.29) is 0 Å². The predicted molar refractivity (Wildman–Crippen MR) is 84.2 cm³/mol. The molecule has 0 amide bonds. The maximum absolute atomic E-state index is 12.2. The second-order valence-electron chi connectivity index (χ2n) is 4.69. The zero-order chi connectivity index (χ0) is 15.0. The van der Waals surface area contributed by atoms with Gasteiger partial charge in [-0.2, -0.15) is 12.7 Å². The molecule has 0 heterocycles. The van der Waals surface area contributed by atoms with Crippen molar-refractivity contribution in [3.8, 4) is 0 Å². The Kier molecular flexibility index (Phi) is 6.98. The Labute approximate surface area is 122 Å². The average Bonchev–Trinajstić information content (AvgIpc) is 2.43. The van der Waals surface area contributed by atoms with Crippen molar-refractivity contribution in [2.24, 2.45) is 0 Å². The maximum Gasteiger partial charge on any atom is 0.301 e. The maximum atomic E-state index is 12.2. The summed E-state index contributed by atoms with van der Waals surface area (Å²) in [6.07, 6.45) is 1.67. The van der Waals surface area contributed by atoms with Crippen molar-refractivity contribution in [1.82, 2.24) is 9.62 Å². The van der Waals surface area contributed by atoms with E-state index < -0.39 is 10.2 Å². The van der Waals surface area contributed by atoms with Crippen molar-refractivity contribution in [3.05, 3.63) is 29.8 Å². The van der Waals surface area contributed by atoms with Crippen LogP contribution >= 0.6 is 0 Å². The van der Waals surface area contributed by atoms with Gasteiger partial charge in [0.05, 0.1) is 5.69 Å². The molecule has 0 aromatic heterocycles. The average molecular weight is 299 g/mol. The first-order chi connectivity index (χ1) is 9.49. The van der Waals surface area contributed by atoms with Crippen LogP contribution in [-0.4, -0.2) is 39.4 Å². The van der Waals surface area contributed by atoms with E-state index in [4.69, 9.17) is 0 Å². The van der Waals surface area contributed by atoms with Crippen molar-refractivity contribution < 1.29 is 8.42 Å². The SMILES string of the molecule is CCNCCCN(C)S(=O)(=O)Nc1cccc(CC)c1. The molecule has 5 nitrogen and oxygen atoms in total. The molecule has 6 heteroatoms. The van der Waals surface area contributed by atoms with Crippen LogP contribution in [0.4, 0.5) is 5.69 Å². The summed E-state index contributed by atoms with van der Waals surface area (Å²) in [5.41, 5.74) is 1.72. The minimum Gasteiger partial charge on any atom is -0.317 e. The number of hydrogen-bond donors (Lipinski definition) is 2. The van der Waals surface area contributed by atoms with E-state index in [0.29, 0.717) is 12.2 Å². The monoisotopic (exact) mass is 299 g/mol. The molecule has 1 aromatic rings. The summed E-state index contributed by atoms with van der Waals surface area (Å²) in [5, 5.41) is 3.18. The van der Waals surface area contributed by atoms with Crippen LogP contribution in [0.3, 0.4) is 0 Å². The van der Waals surface area contributed by atoms with Gasteiger partial charge in [0.2, 0.25) is 0 Å². The van der Waals surface area contributed by atoms with Crippen molar-refractivity contribution in [2.75, 3.05) is 31.4 Å². The molecular weight excluding hydrogens is 274 g/mol. The van der Waals surface area contributed by atoms with Crippen molar-refractivity contribution in [3.63, 3.8) is 0 Å². The molecule has 0 bridgehead atoms. The fourth-order valence-electron chi connectivity index (χ4n) is 1.81. The Hall–Kier alpha value is -1.11. The van der Waals surface area contributed by atoms with Crippen molar-refractivity contribution >= 4 is 15.9 Å². The van der Waals surface area contributed by atoms with Gasteiger partial charge in [-0.1, -0.05) is 26.0 Å². The zero-order valence-electron chi connectivity index (χ0n) is 12.5. The topological polar surface area (TPSA) is 61.4 Å². The van der Waals surface area contributed by atoms with Crippen LogP contribution < -0.4 is 10.0 Å². The molecule has 2 N–H and O–H groups in total. The Morgan fingerprint density at radius 3 is 2.65 bits per heavy atom. The minimum absolute atomic E-state index is 0.496. The molecule has 1 aromatic carbocycles. The molecule has 0 aliphatic carbocycles. The van der Waals surface area contributed by atoms with E-state index in [2.05, 4.69) is 10.0 Å². The van der Waals surface area contributed by atoms with Gasteiger partial charge >= 0.3 is 10.2 Å². The minimum atomic E-state index is -3.47. The molecule has 0 radical (unpaired) electrons. The lowest BCUT2D eigenvalue weighted by Crippen LogP contribution is -2.34. The Balaban J connectivity index is 2.59. The van der Waals surface area contributed by atoms with Gasteiger partial charge in [0.15, 0.2) is 0 Å². The van der Waals surface area contributed by atoms with Crippen LogP contribution in [0.15, 0.2) is 24.3 Å². The normalized spacial score (nSPS) is 11.8. The van der Waals surface area contributed by atoms with Gasteiger partial charge in [0.1, 0.15) is 0 Å². The second kappa shape index (κ2) is 8.24. The summed E-state index contributed by atoms with van der Waals surface area (Å²) in [4.78, 5) is 0. The van der Waals surface area contributed by atoms with Gasteiger partial charge in [-0.15, -0.1) is 0 Å². The predicted octanol–water partition coefficient (Wildman–Crippen LogP) is 1.84. The largest absolute Gasteiger partial charge is 0.317 e. The lowest BCUT2D eigenvalue weighted by molar-refractivity contribution is 0.459. The number of rotatable bonds is 9. The van der Waals surface area contributed by atoms with Crippen LogP contribution in [0.2, 0.25) is 0 Å². The first-order valence-corrected chi connectivity index (χ1v) is 8.47. The van der Waals surface area contributed by atoms with Crippen LogP contribution in [0.1, 0.15) is 25.8 Å². The second-order valence-corrected chi connectivity index (χ2v) is 6.47. The summed E-state index contributed by atoms with van der Waals surface area (Å²) in [5.74, 6) is 0. The third kappa shape index (κ3) is 5.48. The molecule has 0 unspecified atom stereocenters. The van der Waals surface area contributed by atoms with Crippen LogP contribution in [0.25, 0.3) is 0 Å². The van der Waals surface area contributed by atoms with Gasteiger partial charge < -0.3 is 5.32 Å². The summed E-state index contributed by atoms with van der Waals surface area (Å²) in [6.45, 7) is 6.29. The Bertz CT molecular complexity index is 503. The van der Waals surface area contributed by atoms with E-state index in [1.54, 1.807) is 13.1 Å². The van der Waals surface area contributed by atoms with Crippen molar-refractivity contribution in [2.45, 2.75) is 26.7 Å². The smallest absolute Gasteiger partial charge is 0.301 e. The van der Waals surface area contributed by atoms with E-state index in [9.17, 15) is 8.42 Å². The number of hydrogen-bond acceptors (Lipinski definition) is 3. The summed E-state index contributed by atoms with van der Waals surface area (Å²) in [6, 6.07) is 7.48. The van der Waals surface area contributed by atoms with Gasteiger partial charge in [-0.05, 0) is 43.6 Å².